The second-order valence-electron chi connectivity index (χ2n) is 4.62. The summed E-state index contributed by atoms with van der Waals surface area (Å²) in [5, 5.41) is 11.9. The van der Waals surface area contributed by atoms with E-state index in [1.165, 1.54) is 6.20 Å². The van der Waals surface area contributed by atoms with Gasteiger partial charge in [-0.05, 0) is 18.2 Å². The minimum atomic E-state index is -4.57. The number of carbonyl (C=O) groups excluding carboxylic acids is 2. The Morgan fingerprint density at radius 2 is 2.04 bits per heavy atom. The fraction of sp³-hybridized carbons (Fsp3) is 0.231. The Morgan fingerprint density at radius 3 is 2.68 bits per heavy atom. The Kier molecular flexibility index (Phi) is 5.47. The number of alkyl halides is 3. The van der Waals surface area contributed by atoms with E-state index in [0.717, 1.165) is 30.1 Å². The van der Waals surface area contributed by atoms with Gasteiger partial charge in [-0.25, -0.2) is 4.79 Å². The van der Waals surface area contributed by atoms with Crippen LogP contribution >= 0.6 is 11.6 Å². The number of hydrogen-bond acceptors (Lipinski definition) is 5. The van der Waals surface area contributed by atoms with Gasteiger partial charge in [-0.2, -0.15) is 23.1 Å². The van der Waals surface area contributed by atoms with Gasteiger partial charge in [0.25, 0.3) is 0 Å². The van der Waals surface area contributed by atoms with Crippen LogP contribution in [0.2, 0.25) is 5.02 Å². The summed E-state index contributed by atoms with van der Waals surface area (Å²) in [4.78, 5) is 23.9. The molecule has 0 aliphatic rings. The maximum absolute atomic E-state index is 12.7. The molecule has 1 aromatic heterocycles. The number of rotatable bonds is 4. The molecule has 25 heavy (non-hydrogen) atoms. The SMILES string of the molecule is COC(=O)Nc1cnn(CC(=O)Nc2cc(C(F)(F)F)ccc2Cl)n1. The lowest BCUT2D eigenvalue weighted by Crippen LogP contribution is -2.21. The number of ether oxygens (including phenoxy) is 1. The van der Waals surface area contributed by atoms with Crippen LogP contribution in [-0.4, -0.2) is 34.1 Å². The predicted octanol–water partition coefficient (Wildman–Crippen LogP) is 2.77. The molecule has 0 spiro atoms. The lowest BCUT2D eigenvalue weighted by Gasteiger charge is -2.11. The van der Waals surface area contributed by atoms with Crippen molar-refractivity contribution in [2.24, 2.45) is 0 Å². The molecule has 0 fully saturated rings. The smallest absolute Gasteiger partial charge is 0.416 e. The first-order valence-electron chi connectivity index (χ1n) is 6.60. The summed E-state index contributed by atoms with van der Waals surface area (Å²) in [5.74, 6) is -0.668. The molecule has 2 aromatic rings. The summed E-state index contributed by atoms with van der Waals surface area (Å²) in [6, 6.07) is 2.56. The molecule has 0 radical (unpaired) electrons. The fourth-order valence-electron chi connectivity index (χ4n) is 1.70. The molecule has 0 saturated carbocycles. The highest BCUT2D eigenvalue weighted by Gasteiger charge is 2.31. The number of anilines is 2. The van der Waals surface area contributed by atoms with E-state index in [1.54, 1.807) is 0 Å². The average molecular weight is 378 g/mol. The van der Waals surface area contributed by atoms with E-state index >= 15 is 0 Å². The van der Waals surface area contributed by atoms with Crippen molar-refractivity contribution in [1.82, 2.24) is 15.0 Å². The standard InChI is InChI=1S/C13H11ClF3N5O3/c1-25-12(24)20-10-5-18-22(21-10)6-11(23)19-9-4-7(13(15,16)17)2-3-8(9)14/h2-5H,6H2,1H3,(H,19,23)(H,20,21,24). The summed E-state index contributed by atoms with van der Waals surface area (Å²) in [6.45, 7) is -0.407. The third kappa shape index (κ3) is 5.08. The highest BCUT2D eigenvalue weighted by molar-refractivity contribution is 6.33. The van der Waals surface area contributed by atoms with Crippen LogP contribution in [0.1, 0.15) is 5.56 Å². The lowest BCUT2D eigenvalue weighted by molar-refractivity contribution is -0.137. The van der Waals surface area contributed by atoms with Gasteiger partial charge in [0.15, 0.2) is 5.82 Å². The van der Waals surface area contributed by atoms with Crippen molar-refractivity contribution in [2.45, 2.75) is 12.7 Å². The van der Waals surface area contributed by atoms with Crippen LogP contribution in [0.5, 0.6) is 0 Å². The Labute approximate surface area is 143 Å². The topological polar surface area (TPSA) is 98.1 Å². The largest absolute Gasteiger partial charge is 0.453 e. The van der Waals surface area contributed by atoms with E-state index in [1.807, 2.05) is 0 Å². The first-order valence-corrected chi connectivity index (χ1v) is 6.98. The maximum atomic E-state index is 12.7. The Balaban J connectivity index is 2.04. The van der Waals surface area contributed by atoms with E-state index in [2.05, 4.69) is 25.6 Å². The van der Waals surface area contributed by atoms with Gasteiger partial charge in [0.05, 0.1) is 29.6 Å². The third-order valence-corrected chi connectivity index (χ3v) is 3.13. The predicted molar refractivity (Wildman–Crippen MR) is 81.1 cm³/mol. The highest BCUT2D eigenvalue weighted by atomic mass is 35.5. The van der Waals surface area contributed by atoms with Crippen LogP contribution in [0.25, 0.3) is 0 Å². The van der Waals surface area contributed by atoms with Gasteiger partial charge in [0.2, 0.25) is 5.91 Å². The Morgan fingerprint density at radius 1 is 1.32 bits per heavy atom. The van der Waals surface area contributed by atoms with Gasteiger partial charge in [-0.3, -0.25) is 10.1 Å². The summed E-state index contributed by atoms with van der Waals surface area (Å²) < 4.78 is 42.4. The van der Waals surface area contributed by atoms with Crippen molar-refractivity contribution < 1.29 is 27.5 Å². The molecule has 134 valence electrons. The van der Waals surface area contributed by atoms with Crippen LogP contribution in [0.15, 0.2) is 24.4 Å². The van der Waals surface area contributed by atoms with Gasteiger partial charge in [-0.1, -0.05) is 11.6 Å². The highest BCUT2D eigenvalue weighted by Crippen LogP contribution is 2.33. The number of halogens is 4. The number of benzene rings is 1. The van der Waals surface area contributed by atoms with Crippen molar-refractivity contribution in [1.29, 1.82) is 0 Å². The van der Waals surface area contributed by atoms with Crippen LogP contribution in [0.3, 0.4) is 0 Å². The molecule has 0 saturated heterocycles. The first-order chi connectivity index (χ1) is 11.7. The number of aromatic nitrogens is 3. The van der Waals surface area contributed by atoms with E-state index < -0.39 is 30.3 Å². The molecule has 0 aliphatic heterocycles. The summed E-state index contributed by atoms with van der Waals surface area (Å²) in [5.41, 5.74) is -1.14. The zero-order valence-corrected chi connectivity index (χ0v) is 13.4. The fourth-order valence-corrected chi connectivity index (χ4v) is 1.87. The molecule has 0 aliphatic carbocycles. The molecule has 2 rings (SSSR count). The lowest BCUT2D eigenvalue weighted by atomic mass is 10.2. The van der Waals surface area contributed by atoms with Gasteiger partial charge in [0, 0.05) is 0 Å². The summed E-state index contributed by atoms with van der Waals surface area (Å²) >= 11 is 5.79. The van der Waals surface area contributed by atoms with Crippen molar-refractivity contribution in [3.63, 3.8) is 0 Å². The molecule has 1 aromatic carbocycles. The van der Waals surface area contributed by atoms with Crippen molar-refractivity contribution in [3.8, 4) is 0 Å². The Hall–Kier alpha value is -2.82. The monoisotopic (exact) mass is 377 g/mol. The number of nitrogens with zero attached hydrogens (tertiary/aromatic N) is 3. The van der Waals surface area contributed by atoms with Gasteiger partial charge >= 0.3 is 12.3 Å². The minimum Gasteiger partial charge on any atom is -0.453 e. The molecular weight excluding hydrogens is 367 g/mol. The number of nitrogens with one attached hydrogen (secondary N) is 2. The molecule has 0 atom stereocenters. The molecule has 0 unspecified atom stereocenters. The molecular formula is C13H11ClF3N5O3. The second-order valence-corrected chi connectivity index (χ2v) is 5.02. The maximum Gasteiger partial charge on any atom is 0.416 e. The van der Waals surface area contributed by atoms with Crippen molar-refractivity contribution >= 4 is 35.1 Å². The zero-order chi connectivity index (χ0) is 18.6. The Bertz CT molecular complexity index is 793. The van der Waals surface area contributed by atoms with E-state index in [4.69, 9.17) is 11.6 Å². The van der Waals surface area contributed by atoms with Gasteiger partial charge in [0.1, 0.15) is 6.54 Å². The zero-order valence-electron chi connectivity index (χ0n) is 12.6. The van der Waals surface area contributed by atoms with Crippen LogP contribution in [0.4, 0.5) is 29.5 Å². The molecule has 2 N–H and O–H groups in total. The minimum absolute atomic E-state index is 0.0387. The van der Waals surface area contributed by atoms with Crippen LogP contribution < -0.4 is 10.6 Å². The van der Waals surface area contributed by atoms with E-state index in [-0.39, 0.29) is 16.5 Å². The first kappa shape index (κ1) is 18.5. The van der Waals surface area contributed by atoms with Crippen LogP contribution in [-0.2, 0) is 22.3 Å². The third-order valence-electron chi connectivity index (χ3n) is 2.80. The van der Waals surface area contributed by atoms with Crippen LogP contribution in [0, 0.1) is 0 Å². The number of hydrogen-bond donors (Lipinski definition) is 2. The molecule has 2 amide bonds. The van der Waals surface area contributed by atoms with E-state index in [9.17, 15) is 22.8 Å². The number of methoxy groups -OCH3 is 1. The molecule has 12 heteroatoms. The quantitative estimate of drug-likeness (QED) is 0.853. The molecule has 1 heterocycles. The second kappa shape index (κ2) is 7.38. The number of carbonyl (C=O) groups is 2. The van der Waals surface area contributed by atoms with E-state index in [0.29, 0.717) is 0 Å². The van der Waals surface area contributed by atoms with Crippen molar-refractivity contribution in [3.05, 3.63) is 35.0 Å². The van der Waals surface area contributed by atoms with Gasteiger partial charge < -0.3 is 10.1 Å². The summed E-state index contributed by atoms with van der Waals surface area (Å²) in [6.07, 6.45) is -4.17. The van der Waals surface area contributed by atoms with Crippen molar-refractivity contribution in [2.75, 3.05) is 17.7 Å². The number of amides is 2. The summed E-state index contributed by atoms with van der Waals surface area (Å²) in [7, 11) is 1.16. The molecule has 0 bridgehead atoms. The molecule has 8 nitrogen and oxygen atoms in total. The normalized spacial score (nSPS) is 11.1. The van der Waals surface area contributed by atoms with Gasteiger partial charge in [-0.15, -0.1) is 5.10 Å². The average Bonchev–Trinajstić information content (AvgIpc) is 2.95.